The van der Waals surface area contributed by atoms with Gasteiger partial charge in [0.2, 0.25) is 11.8 Å². The number of ether oxygens (including phenoxy) is 2. The Balaban J connectivity index is 2.30. The molecule has 3 atom stereocenters. The highest BCUT2D eigenvalue weighted by molar-refractivity contribution is 7.99. The number of thioether (sulfide) groups is 1. The summed E-state index contributed by atoms with van der Waals surface area (Å²) in [6, 6.07) is 4.90. The number of benzene rings is 1. The van der Waals surface area contributed by atoms with Crippen LogP contribution in [0.3, 0.4) is 0 Å². The van der Waals surface area contributed by atoms with Crippen LogP contribution in [0.4, 0.5) is 0 Å². The van der Waals surface area contributed by atoms with Crippen LogP contribution < -0.4 is 15.4 Å². The molecule has 35 heavy (non-hydrogen) atoms. The van der Waals surface area contributed by atoms with Gasteiger partial charge in [-0.25, -0.2) is 9.79 Å². The fourth-order valence-corrected chi connectivity index (χ4v) is 4.55. The van der Waals surface area contributed by atoms with E-state index in [-0.39, 0.29) is 12.3 Å². The van der Waals surface area contributed by atoms with E-state index < -0.39 is 35.9 Å². The zero-order valence-corrected chi connectivity index (χ0v) is 21.3. The molecule has 0 saturated carbocycles. The molecule has 190 valence electrons. The van der Waals surface area contributed by atoms with E-state index in [9.17, 15) is 14.4 Å². The molecule has 0 spiro atoms. The molecule has 0 unspecified atom stereocenters. The fourth-order valence-electron chi connectivity index (χ4n) is 3.52. The van der Waals surface area contributed by atoms with Gasteiger partial charge in [0.1, 0.15) is 23.9 Å². The lowest BCUT2D eigenvalue weighted by atomic mass is 10.0. The molecule has 2 aliphatic heterocycles. The molecule has 1 aromatic rings. The largest absolute Gasteiger partial charge is 0.560 e. The van der Waals surface area contributed by atoms with Crippen molar-refractivity contribution >= 4 is 44.0 Å². The third-order valence-electron chi connectivity index (χ3n) is 5.34. The number of nitrogens with one attached hydrogen (secondary N) is 2. The third-order valence-corrected chi connectivity index (χ3v) is 6.48. The molecule has 9 nitrogen and oxygen atoms in total. The number of hydrogen-bond acceptors (Lipinski definition) is 8. The molecule has 1 aromatic carbocycles. The van der Waals surface area contributed by atoms with Crippen molar-refractivity contribution in [1.29, 1.82) is 0 Å². The van der Waals surface area contributed by atoms with E-state index in [4.69, 9.17) is 17.5 Å². The van der Waals surface area contributed by atoms with Crippen molar-refractivity contribution < 1.29 is 28.5 Å². The van der Waals surface area contributed by atoms with Gasteiger partial charge in [0.15, 0.2) is 6.40 Å². The van der Waals surface area contributed by atoms with E-state index >= 15 is 0 Å². The Labute approximate surface area is 212 Å². The number of carbonyl (C=O) groups is 3. The first-order valence-electron chi connectivity index (χ1n) is 11.7. The number of fused-ring (bicyclic) bond motifs is 16. The Hall–Kier alpha value is -2.69. The van der Waals surface area contributed by atoms with E-state index in [1.807, 2.05) is 38.1 Å². The standard InChI is InChI=1S/C24H34BN3O6S/c1-16(2)12-20-23(30)28-21(24(31)32-3)14-35-11-5-4-10-33-18-8-6-17(7-9-18)13-19(22(29)27-20)26-15-34-25/h6-9,15-16,19-21H,4-5,10-14H2,1-3H3,(H,27,29)(H,28,30)/t19-,20-,21-/m0/s1. The molecule has 11 heteroatoms. The predicted octanol–water partition coefficient (Wildman–Crippen LogP) is 1.82. The zero-order chi connectivity index (χ0) is 25.6. The Bertz CT molecular complexity index is 852. The second-order valence-electron chi connectivity index (χ2n) is 8.66. The minimum atomic E-state index is -0.873. The van der Waals surface area contributed by atoms with Crippen LogP contribution in [-0.4, -0.2) is 75.6 Å². The second kappa shape index (κ2) is 15.3. The number of amides is 2. The van der Waals surface area contributed by atoms with Crippen LogP contribution in [0.1, 0.15) is 38.7 Å². The lowest BCUT2D eigenvalue weighted by Gasteiger charge is -2.24. The maximum absolute atomic E-state index is 13.2. The zero-order valence-electron chi connectivity index (χ0n) is 20.5. The quantitative estimate of drug-likeness (QED) is 0.273. The molecule has 0 aromatic heterocycles. The van der Waals surface area contributed by atoms with E-state index in [1.54, 1.807) is 11.8 Å². The van der Waals surface area contributed by atoms with Crippen LogP contribution in [0.15, 0.2) is 29.3 Å². The molecule has 2 amide bonds. The molecular formula is C24H34BN3O6S. The van der Waals surface area contributed by atoms with Crippen LogP contribution in [0, 0.1) is 5.92 Å². The number of aliphatic imine (C=N–C) groups is 1. The van der Waals surface area contributed by atoms with E-state index in [1.165, 1.54) is 7.11 Å². The molecule has 2 radical (unpaired) electrons. The Morgan fingerprint density at radius 3 is 2.63 bits per heavy atom. The van der Waals surface area contributed by atoms with Crippen molar-refractivity contribution in [2.24, 2.45) is 10.9 Å². The molecule has 0 aliphatic carbocycles. The van der Waals surface area contributed by atoms with Gasteiger partial charge in [0, 0.05) is 12.2 Å². The van der Waals surface area contributed by atoms with Gasteiger partial charge in [-0.1, -0.05) is 26.0 Å². The lowest BCUT2D eigenvalue weighted by Crippen LogP contribution is -2.54. The van der Waals surface area contributed by atoms with Gasteiger partial charge < -0.3 is 24.8 Å². The van der Waals surface area contributed by atoms with Crippen molar-refractivity contribution in [1.82, 2.24) is 10.6 Å². The van der Waals surface area contributed by atoms with Crippen molar-refractivity contribution in [3.8, 4) is 5.75 Å². The van der Waals surface area contributed by atoms with Gasteiger partial charge in [-0.3, -0.25) is 9.59 Å². The topological polar surface area (TPSA) is 115 Å². The molecule has 2 bridgehead atoms. The lowest BCUT2D eigenvalue weighted by molar-refractivity contribution is -0.144. The van der Waals surface area contributed by atoms with Crippen LogP contribution in [0.25, 0.3) is 0 Å². The van der Waals surface area contributed by atoms with Gasteiger partial charge in [-0.2, -0.15) is 11.8 Å². The monoisotopic (exact) mass is 503 g/mol. The van der Waals surface area contributed by atoms with Crippen molar-refractivity contribution in [2.45, 2.75) is 57.7 Å². The number of methoxy groups -OCH3 is 1. The highest BCUT2D eigenvalue weighted by Crippen LogP contribution is 2.17. The first-order chi connectivity index (χ1) is 16.8. The third kappa shape index (κ3) is 10.2. The number of nitrogens with zero attached hydrogens (tertiary/aromatic N) is 1. The summed E-state index contributed by atoms with van der Waals surface area (Å²) in [6.45, 7) is 4.46. The Morgan fingerprint density at radius 1 is 1.23 bits per heavy atom. The number of rotatable bonds is 5. The molecule has 0 fully saturated rings. The summed E-state index contributed by atoms with van der Waals surface area (Å²) in [5.41, 5.74) is 0.858. The summed E-state index contributed by atoms with van der Waals surface area (Å²) in [5, 5.41) is 5.55. The first kappa shape index (κ1) is 28.6. The number of esters is 1. The van der Waals surface area contributed by atoms with Gasteiger partial charge >= 0.3 is 14.0 Å². The average Bonchev–Trinajstić information content (AvgIpc) is 2.84. The smallest absolute Gasteiger partial charge is 0.375 e. The maximum Gasteiger partial charge on any atom is 0.375 e. The summed E-state index contributed by atoms with van der Waals surface area (Å²) in [5.74, 6) is 0.591. The summed E-state index contributed by atoms with van der Waals surface area (Å²) in [7, 11) is 6.36. The summed E-state index contributed by atoms with van der Waals surface area (Å²) >= 11 is 1.55. The molecular weight excluding hydrogens is 469 g/mol. The Morgan fingerprint density at radius 2 is 1.97 bits per heavy atom. The van der Waals surface area contributed by atoms with Gasteiger partial charge in [-0.15, -0.1) is 0 Å². The summed E-state index contributed by atoms with van der Waals surface area (Å²) in [4.78, 5) is 42.7. The normalized spacial score (nSPS) is 22.9. The van der Waals surface area contributed by atoms with Crippen LogP contribution >= 0.6 is 11.8 Å². The van der Waals surface area contributed by atoms with Crippen LogP contribution in [-0.2, 0) is 30.2 Å². The molecule has 3 rings (SSSR count). The minimum absolute atomic E-state index is 0.112. The van der Waals surface area contributed by atoms with Gasteiger partial charge in [0.25, 0.3) is 0 Å². The van der Waals surface area contributed by atoms with Crippen molar-refractivity contribution in [3.05, 3.63) is 29.8 Å². The fraction of sp³-hybridized carbons (Fsp3) is 0.583. The van der Waals surface area contributed by atoms with E-state index in [0.717, 1.165) is 36.3 Å². The first-order valence-corrected chi connectivity index (χ1v) is 12.8. The van der Waals surface area contributed by atoms with E-state index in [0.29, 0.717) is 18.8 Å². The second-order valence-corrected chi connectivity index (χ2v) is 9.81. The van der Waals surface area contributed by atoms with Gasteiger partial charge in [-0.05, 0) is 48.6 Å². The number of carbonyl (C=O) groups excluding carboxylic acids is 3. The number of hydrogen-bond donors (Lipinski definition) is 2. The average molecular weight is 503 g/mol. The SMILES string of the molecule is [B]OC=N[C@H]1Cc2ccc(cc2)OCCCCSC[C@@H](C(=O)OC)NC(=O)[C@H](CC(C)C)NC1=O. The highest BCUT2D eigenvalue weighted by Gasteiger charge is 2.30. The molecule has 2 heterocycles. The minimum Gasteiger partial charge on any atom is -0.560 e. The predicted molar refractivity (Wildman–Crippen MR) is 137 cm³/mol. The van der Waals surface area contributed by atoms with Crippen LogP contribution in [0.5, 0.6) is 5.75 Å². The molecule has 0 saturated heterocycles. The molecule has 2 N–H and O–H groups in total. The van der Waals surface area contributed by atoms with Crippen molar-refractivity contribution in [2.75, 3.05) is 25.2 Å². The maximum atomic E-state index is 13.2. The molecule has 2 aliphatic rings. The highest BCUT2D eigenvalue weighted by atomic mass is 32.2. The summed E-state index contributed by atoms with van der Waals surface area (Å²) in [6.07, 6.45) is 3.41. The Kier molecular flexibility index (Phi) is 12.5. The summed E-state index contributed by atoms with van der Waals surface area (Å²) < 4.78 is 15.1. The van der Waals surface area contributed by atoms with Crippen LogP contribution in [0.2, 0.25) is 0 Å². The van der Waals surface area contributed by atoms with Crippen molar-refractivity contribution in [3.63, 3.8) is 0 Å². The van der Waals surface area contributed by atoms with Gasteiger partial charge in [0.05, 0.1) is 13.7 Å². The van der Waals surface area contributed by atoms with E-state index in [2.05, 4.69) is 20.3 Å².